The molecule has 0 fully saturated rings. The second-order valence-electron chi connectivity index (χ2n) is 6.91. The molecule has 9 nitrogen and oxygen atoms in total. The van der Waals surface area contributed by atoms with E-state index in [1.807, 2.05) is 6.92 Å². The summed E-state index contributed by atoms with van der Waals surface area (Å²) in [5.74, 6) is 1.17. The number of nitro benzene ring substituents is 1. The molecule has 0 saturated carbocycles. The van der Waals surface area contributed by atoms with Gasteiger partial charge >= 0.3 is 0 Å². The number of carbonyl (C=O) groups excluding carboxylic acids is 1. The molecule has 0 spiro atoms. The summed E-state index contributed by atoms with van der Waals surface area (Å²) in [4.78, 5) is 22.7. The number of hydrogen-bond acceptors (Lipinski definition) is 7. The molecule has 0 atom stereocenters. The topological polar surface area (TPSA) is 112 Å². The standard InChI is InChI=1S/C24H22BrN3O6/c1-3-33-22-12-17(14-26-27-24(29)18-5-4-6-20(13-18)32-2)11-21(25)23(22)34-15-16-7-9-19(10-8-16)28(30)31/h4-14H,3,15H2,1-2H3,(H,27,29)/b26-14+. The van der Waals surface area contributed by atoms with Crippen molar-refractivity contribution in [3.8, 4) is 17.2 Å². The van der Waals surface area contributed by atoms with Crippen LogP contribution in [0.4, 0.5) is 5.69 Å². The molecule has 0 aliphatic heterocycles. The molecule has 3 rings (SSSR count). The maximum atomic E-state index is 12.3. The van der Waals surface area contributed by atoms with Crippen molar-refractivity contribution in [1.29, 1.82) is 0 Å². The van der Waals surface area contributed by atoms with Crippen molar-refractivity contribution in [1.82, 2.24) is 5.43 Å². The van der Waals surface area contributed by atoms with E-state index in [2.05, 4.69) is 26.5 Å². The van der Waals surface area contributed by atoms with Gasteiger partial charge in [0, 0.05) is 17.7 Å². The minimum atomic E-state index is -0.451. The normalized spacial score (nSPS) is 10.7. The van der Waals surface area contributed by atoms with E-state index in [1.165, 1.54) is 25.5 Å². The van der Waals surface area contributed by atoms with Crippen molar-refractivity contribution < 1.29 is 23.9 Å². The zero-order valence-corrected chi connectivity index (χ0v) is 20.1. The first kappa shape index (κ1) is 24.7. The van der Waals surface area contributed by atoms with Crippen LogP contribution >= 0.6 is 15.9 Å². The molecule has 0 radical (unpaired) electrons. The van der Waals surface area contributed by atoms with Gasteiger partial charge in [-0.15, -0.1) is 0 Å². The van der Waals surface area contributed by atoms with E-state index in [0.29, 0.717) is 39.5 Å². The summed E-state index contributed by atoms with van der Waals surface area (Å²) in [6.07, 6.45) is 1.49. The molecular weight excluding hydrogens is 506 g/mol. The predicted molar refractivity (Wildman–Crippen MR) is 131 cm³/mol. The molecule has 0 unspecified atom stereocenters. The third-order valence-corrected chi connectivity index (χ3v) is 5.16. The van der Waals surface area contributed by atoms with Gasteiger partial charge in [-0.1, -0.05) is 6.07 Å². The second kappa shape index (κ2) is 11.8. The Kier molecular flexibility index (Phi) is 8.58. The highest BCUT2D eigenvalue weighted by Gasteiger charge is 2.13. The van der Waals surface area contributed by atoms with Gasteiger partial charge in [0.2, 0.25) is 0 Å². The Balaban J connectivity index is 1.70. The fourth-order valence-corrected chi connectivity index (χ4v) is 3.50. The minimum Gasteiger partial charge on any atom is -0.497 e. The molecule has 1 N–H and O–H groups in total. The Morgan fingerprint density at radius 1 is 1.15 bits per heavy atom. The Morgan fingerprint density at radius 2 is 1.91 bits per heavy atom. The summed E-state index contributed by atoms with van der Waals surface area (Å²) in [6.45, 7) is 2.46. The van der Waals surface area contributed by atoms with E-state index in [9.17, 15) is 14.9 Å². The molecule has 0 aliphatic rings. The average Bonchev–Trinajstić information content (AvgIpc) is 2.84. The molecular formula is C24H22BrN3O6. The van der Waals surface area contributed by atoms with Crippen LogP contribution in [0.15, 0.2) is 70.2 Å². The number of methoxy groups -OCH3 is 1. The van der Waals surface area contributed by atoms with Gasteiger partial charge in [-0.3, -0.25) is 14.9 Å². The van der Waals surface area contributed by atoms with Gasteiger partial charge in [-0.05, 0) is 76.4 Å². The van der Waals surface area contributed by atoms with Gasteiger partial charge in [0.25, 0.3) is 11.6 Å². The molecule has 0 heterocycles. The van der Waals surface area contributed by atoms with Crippen LogP contribution in [0.1, 0.15) is 28.4 Å². The lowest BCUT2D eigenvalue weighted by Gasteiger charge is -2.14. The van der Waals surface area contributed by atoms with Crippen LogP contribution in [0.25, 0.3) is 0 Å². The lowest BCUT2D eigenvalue weighted by atomic mass is 10.2. The number of nitrogens with one attached hydrogen (secondary N) is 1. The molecule has 34 heavy (non-hydrogen) atoms. The Hall–Kier alpha value is -3.92. The van der Waals surface area contributed by atoms with Gasteiger partial charge in [0.15, 0.2) is 11.5 Å². The number of hydrazone groups is 1. The first-order valence-electron chi connectivity index (χ1n) is 10.2. The monoisotopic (exact) mass is 527 g/mol. The van der Waals surface area contributed by atoms with E-state index in [0.717, 1.165) is 5.56 Å². The summed E-state index contributed by atoms with van der Waals surface area (Å²) in [5.41, 5.74) is 4.36. The fourth-order valence-electron chi connectivity index (χ4n) is 2.93. The molecule has 3 aromatic rings. The average molecular weight is 528 g/mol. The first-order valence-corrected chi connectivity index (χ1v) is 11.0. The van der Waals surface area contributed by atoms with E-state index in [-0.39, 0.29) is 18.2 Å². The highest BCUT2D eigenvalue weighted by Crippen LogP contribution is 2.37. The van der Waals surface area contributed by atoms with Crippen LogP contribution in [0.5, 0.6) is 17.2 Å². The van der Waals surface area contributed by atoms with Crippen molar-refractivity contribution in [2.24, 2.45) is 5.10 Å². The first-order chi connectivity index (χ1) is 16.4. The highest BCUT2D eigenvalue weighted by molar-refractivity contribution is 9.10. The summed E-state index contributed by atoms with van der Waals surface area (Å²) in [7, 11) is 1.53. The number of rotatable bonds is 10. The highest BCUT2D eigenvalue weighted by atomic mass is 79.9. The molecule has 0 aromatic heterocycles. The summed E-state index contributed by atoms with van der Waals surface area (Å²) >= 11 is 3.49. The van der Waals surface area contributed by atoms with E-state index < -0.39 is 4.92 Å². The van der Waals surface area contributed by atoms with Crippen LogP contribution in [-0.2, 0) is 6.61 Å². The predicted octanol–water partition coefficient (Wildman–Crippen LogP) is 5.11. The van der Waals surface area contributed by atoms with Crippen LogP contribution in [0, 0.1) is 10.1 Å². The van der Waals surface area contributed by atoms with Gasteiger partial charge in [-0.25, -0.2) is 5.43 Å². The van der Waals surface area contributed by atoms with Gasteiger partial charge < -0.3 is 14.2 Å². The number of amides is 1. The number of ether oxygens (including phenoxy) is 3. The van der Waals surface area contributed by atoms with E-state index >= 15 is 0 Å². The SMILES string of the molecule is CCOc1cc(/C=N/NC(=O)c2cccc(OC)c2)cc(Br)c1OCc1ccc([N+](=O)[O-])cc1. The number of halogens is 1. The third-order valence-electron chi connectivity index (χ3n) is 4.57. The molecule has 10 heteroatoms. The number of carbonyl (C=O) groups is 1. The minimum absolute atomic E-state index is 0.0158. The summed E-state index contributed by atoms with van der Waals surface area (Å²) in [5, 5.41) is 14.8. The fraction of sp³-hybridized carbons (Fsp3) is 0.167. The molecule has 3 aromatic carbocycles. The van der Waals surface area contributed by atoms with Crippen molar-refractivity contribution >= 4 is 33.7 Å². The van der Waals surface area contributed by atoms with Gasteiger partial charge in [-0.2, -0.15) is 5.10 Å². The maximum Gasteiger partial charge on any atom is 0.271 e. The van der Waals surface area contributed by atoms with E-state index in [1.54, 1.807) is 48.5 Å². The van der Waals surface area contributed by atoms with Crippen molar-refractivity contribution in [3.63, 3.8) is 0 Å². The van der Waals surface area contributed by atoms with Crippen LogP contribution in [-0.4, -0.2) is 30.8 Å². The van der Waals surface area contributed by atoms with Crippen LogP contribution in [0.3, 0.4) is 0 Å². The summed E-state index contributed by atoms with van der Waals surface area (Å²) < 4.78 is 17.4. The number of non-ortho nitro benzene ring substituents is 1. The van der Waals surface area contributed by atoms with Crippen molar-refractivity contribution in [2.75, 3.05) is 13.7 Å². The molecule has 0 aliphatic carbocycles. The van der Waals surface area contributed by atoms with Gasteiger partial charge in [0.1, 0.15) is 12.4 Å². The molecule has 0 bridgehead atoms. The number of nitro groups is 1. The van der Waals surface area contributed by atoms with Gasteiger partial charge in [0.05, 0.1) is 29.3 Å². The largest absolute Gasteiger partial charge is 0.497 e. The quantitative estimate of drug-likeness (QED) is 0.223. The number of nitrogens with zero attached hydrogens (tertiary/aromatic N) is 2. The zero-order valence-electron chi connectivity index (χ0n) is 18.5. The van der Waals surface area contributed by atoms with Crippen molar-refractivity contribution in [3.05, 3.63) is 91.9 Å². The van der Waals surface area contributed by atoms with E-state index in [4.69, 9.17) is 14.2 Å². The summed E-state index contributed by atoms with van der Waals surface area (Å²) in [6, 6.07) is 16.4. The number of hydrogen-bond donors (Lipinski definition) is 1. The molecule has 0 saturated heterocycles. The second-order valence-corrected chi connectivity index (χ2v) is 7.76. The third kappa shape index (κ3) is 6.55. The number of benzene rings is 3. The maximum absolute atomic E-state index is 12.3. The Labute approximate surface area is 204 Å². The molecule has 176 valence electrons. The smallest absolute Gasteiger partial charge is 0.271 e. The van der Waals surface area contributed by atoms with Crippen LogP contribution in [0.2, 0.25) is 0 Å². The zero-order chi connectivity index (χ0) is 24.5. The Morgan fingerprint density at radius 3 is 2.59 bits per heavy atom. The lowest BCUT2D eigenvalue weighted by molar-refractivity contribution is -0.384. The van der Waals surface area contributed by atoms with Crippen molar-refractivity contribution in [2.45, 2.75) is 13.5 Å². The Bertz CT molecular complexity index is 1200. The lowest BCUT2D eigenvalue weighted by Crippen LogP contribution is -2.17. The molecule has 1 amide bonds. The van der Waals surface area contributed by atoms with Crippen LogP contribution < -0.4 is 19.6 Å².